The van der Waals surface area contributed by atoms with E-state index in [9.17, 15) is 4.79 Å². The highest BCUT2D eigenvalue weighted by molar-refractivity contribution is 7.22. The summed E-state index contributed by atoms with van der Waals surface area (Å²) in [5.41, 5.74) is 3.59. The Morgan fingerprint density at radius 1 is 1.11 bits per heavy atom. The monoisotopic (exact) mass is 395 g/mol. The number of thiazole rings is 1. The minimum Gasteiger partial charge on any atom is -0.481 e. The molecule has 1 saturated heterocycles. The van der Waals surface area contributed by atoms with Gasteiger partial charge in [0.1, 0.15) is 5.75 Å². The highest BCUT2D eigenvalue weighted by atomic mass is 32.1. The third-order valence-electron chi connectivity index (χ3n) is 5.07. The lowest BCUT2D eigenvalue weighted by Crippen LogP contribution is -2.52. The standard InChI is InChI=1S/C22H25N3O2S/c1-15-13-16(2)20-19(14-15)23-22(28-20)25-11-9-24(10-12-25)21(26)17(3)27-18-7-5-4-6-8-18/h4-8,13-14,17H,9-12H2,1-3H3. The van der Waals surface area contributed by atoms with Gasteiger partial charge < -0.3 is 14.5 Å². The normalized spacial score (nSPS) is 15.7. The minimum absolute atomic E-state index is 0.0410. The highest BCUT2D eigenvalue weighted by Gasteiger charge is 2.27. The number of carbonyl (C=O) groups is 1. The second-order valence-corrected chi connectivity index (χ2v) is 8.29. The Labute approximate surface area is 169 Å². The number of ether oxygens (including phenoxy) is 1. The van der Waals surface area contributed by atoms with Gasteiger partial charge in [-0.05, 0) is 50.1 Å². The van der Waals surface area contributed by atoms with Gasteiger partial charge in [0, 0.05) is 26.2 Å². The zero-order chi connectivity index (χ0) is 19.7. The number of hydrogen-bond acceptors (Lipinski definition) is 5. The van der Waals surface area contributed by atoms with Gasteiger partial charge in [-0.25, -0.2) is 4.98 Å². The molecule has 1 aliphatic rings. The molecule has 4 rings (SSSR count). The molecular weight excluding hydrogens is 370 g/mol. The first-order chi connectivity index (χ1) is 13.5. The van der Waals surface area contributed by atoms with Crippen molar-refractivity contribution in [1.82, 2.24) is 9.88 Å². The quantitative estimate of drug-likeness (QED) is 0.669. The van der Waals surface area contributed by atoms with Crippen LogP contribution in [0, 0.1) is 13.8 Å². The predicted molar refractivity (Wildman–Crippen MR) is 114 cm³/mol. The van der Waals surface area contributed by atoms with E-state index in [2.05, 4.69) is 30.9 Å². The number of piperazine rings is 1. The second kappa shape index (κ2) is 7.80. The summed E-state index contributed by atoms with van der Waals surface area (Å²) in [6.07, 6.45) is -0.484. The summed E-state index contributed by atoms with van der Waals surface area (Å²) >= 11 is 1.74. The fourth-order valence-corrected chi connectivity index (χ4v) is 4.70. The Morgan fingerprint density at radius 3 is 2.54 bits per heavy atom. The van der Waals surface area contributed by atoms with E-state index < -0.39 is 6.10 Å². The van der Waals surface area contributed by atoms with Gasteiger partial charge >= 0.3 is 0 Å². The predicted octanol–water partition coefficient (Wildman–Crippen LogP) is 4.03. The summed E-state index contributed by atoms with van der Waals surface area (Å²) in [5, 5.41) is 1.05. The molecule has 2 aromatic carbocycles. The lowest BCUT2D eigenvalue weighted by molar-refractivity contribution is -0.138. The number of fused-ring (bicyclic) bond motifs is 1. The summed E-state index contributed by atoms with van der Waals surface area (Å²) < 4.78 is 7.04. The Bertz CT molecular complexity index is 978. The number of aromatic nitrogens is 1. The molecule has 1 amide bonds. The summed E-state index contributed by atoms with van der Waals surface area (Å²) in [4.78, 5) is 21.8. The van der Waals surface area contributed by atoms with E-state index in [1.165, 1.54) is 15.8 Å². The van der Waals surface area contributed by atoms with Crippen LogP contribution in [0.15, 0.2) is 42.5 Å². The molecule has 3 aromatic rings. The number of para-hydroxylation sites is 1. The van der Waals surface area contributed by atoms with Crippen molar-refractivity contribution in [2.45, 2.75) is 26.9 Å². The van der Waals surface area contributed by atoms with Crippen LogP contribution in [0.1, 0.15) is 18.1 Å². The maximum Gasteiger partial charge on any atom is 0.263 e. The molecule has 1 aromatic heterocycles. The second-order valence-electron chi connectivity index (χ2n) is 7.31. The van der Waals surface area contributed by atoms with E-state index >= 15 is 0 Å². The summed E-state index contributed by atoms with van der Waals surface area (Å²) in [6, 6.07) is 13.8. The third kappa shape index (κ3) is 3.83. The van der Waals surface area contributed by atoms with Crippen LogP contribution in [0.25, 0.3) is 10.2 Å². The Hall–Kier alpha value is -2.60. The van der Waals surface area contributed by atoms with Crippen LogP contribution >= 0.6 is 11.3 Å². The van der Waals surface area contributed by atoms with Crippen molar-refractivity contribution in [3.05, 3.63) is 53.6 Å². The molecule has 0 N–H and O–H groups in total. The number of nitrogens with zero attached hydrogens (tertiary/aromatic N) is 3. The van der Waals surface area contributed by atoms with Crippen molar-refractivity contribution in [1.29, 1.82) is 0 Å². The average molecular weight is 396 g/mol. The first-order valence-corrected chi connectivity index (χ1v) is 10.5. The Balaban J connectivity index is 1.39. The number of hydrogen-bond donors (Lipinski definition) is 0. The van der Waals surface area contributed by atoms with Crippen molar-refractivity contribution >= 4 is 32.6 Å². The first kappa shape index (κ1) is 18.7. The van der Waals surface area contributed by atoms with Gasteiger partial charge in [-0.3, -0.25) is 4.79 Å². The fourth-order valence-electron chi connectivity index (χ4n) is 3.63. The number of amides is 1. The van der Waals surface area contributed by atoms with E-state index in [1.807, 2.05) is 42.2 Å². The van der Waals surface area contributed by atoms with Crippen LogP contribution in [0.3, 0.4) is 0 Å². The molecule has 1 atom stereocenters. The number of aryl methyl sites for hydroxylation is 2. The topological polar surface area (TPSA) is 45.7 Å². The van der Waals surface area contributed by atoms with Crippen LogP contribution < -0.4 is 9.64 Å². The number of carbonyl (C=O) groups excluding carboxylic acids is 1. The fraction of sp³-hybridized carbons (Fsp3) is 0.364. The van der Waals surface area contributed by atoms with E-state index in [4.69, 9.17) is 9.72 Å². The van der Waals surface area contributed by atoms with Gasteiger partial charge in [0.05, 0.1) is 10.2 Å². The zero-order valence-electron chi connectivity index (χ0n) is 16.5. The molecule has 6 heteroatoms. The van der Waals surface area contributed by atoms with Gasteiger partial charge in [-0.2, -0.15) is 0 Å². The van der Waals surface area contributed by atoms with Gasteiger partial charge in [0.15, 0.2) is 11.2 Å². The van der Waals surface area contributed by atoms with Crippen molar-refractivity contribution in [3.63, 3.8) is 0 Å². The van der Waals surface area contributed by atoms with Crippen molar-refractivity contribution < 1.29 is 9.53 Å². The third-order valence-corrected chi connectivity index (χ3v) is 6.34. The molecule has 0 aliphatic carbocycles. The summed E-state index contributed by atoms with van der Waals surface area (Å²) in [6.45, 7) is 9.03. The zero-order valence-corrected chi connectivity index (χ0v) is 17.3. The SMILES string of the molecule is Cc1cc(C)c2sc(N3CCN(C(=O)C(C)Oc4ccccc4)CC3)nc2c1. The first-order valence-electron chi connectivity index (χ1n) is 9.64. The van der Waals surface area contributed by atoms with Crippen LogP contribution in [0.5, 0.6) is 5.75 Å². The number of rotatable bonds is 4. The van der Waals surface area contributed by atoms with Gasteiger partial charge in [-0.15, -0.1) is 0 Å². The lowest BCUT2D eigenvalue weighted by Gasteiger charge is -2.35. The van der Waals surface area contributed by atoms with Gasteiger partial charge in [0.2, 0.25) is 0 Å². The molecule has 1 unspecified atom stereocenters. The molecule has 0 radical (unpaired) electrons. The van der Waals surface area contributed by atoms with Crippen LogP contribution in [0.2, 0.25) is 0 Å². The van der Waals surface area contributed by atoms with E-state index in [0.29, 0.717) is 13.1 Å². The highest BCUT2D eigenvalue weighted by Crippen LogP contribution is 2.32. The maximum atomic E-state index is 12.7. The van der Waals surface area contributed by atoms with Crippen LogP contribution in [-0.2, 0) is 4.79 Å². The van der Waals surface area contributed by atoms with Gasteiger partial charge in [-0.1, -0.05) is 35.6 Å². The van der Waals surface area contributed by atoms with Crippen LogP contribution in [-0.4, -0.2) is 48.1 Å². The molecule has 2 heterocycles. The molecule has 1 fully saturated rings. The maximum absolute atomic E-state index is 12.7. The number of anilines is 1. The van der Waals surface area contributed by atoms with Crippen molar-refractivity contribution in [3.8, 4) is 5.75 Å². The van der Waals surface area contributed by atoms with Crippen molar-refractivity contribution in [2.24, 2.45) is 0 Å². The van der Waals surface area contributed by atoms with E-state index in [-0.39, 0.29) is 5.91 Å². The van der Waals surface area contributed by atoms with E-state index in [0.717, 1.165) is 29.5 Å². The van der Waals surface area contributed by atoms with E-state index in [1.54, 1.807) is 11.3 Å². The summed E-state index contributed by atoms with van der Waals surface area (Å²) in [7, 11) is 0. The Kier molecular flexibility index (Phi) is 5.22. The Morgan fingerprint density at radius 2 is 1.82 bits per heavy atom. The minimum atomic E-state index is -0.484. The summed E-state index contributed by atoms with van der Waals surface area (Å²) in [5.74, 6) is 0.765. The molecule has 0 spiro atoms. The largest absolute Gasteiger partial charge is 0.481 e. The van der Waals surface area contributed by atoms with Crippen LogP contribution in [0.4, 0.5) is 5.13 Å². The molecular formula is C22H25N3O2S. The van der Waals surface area contributed by atoms with Crippen molar-refractivity contribution in [2.75, 3.05) is 31.1 Å². The molecule has 0 bridgehead atoms. The molecule has 1 aliphatic heterocycles. The molecule has 5 nitrogen and oxygen atoms in total. The molecule has 28 heavy (non-hydrogen) atoms. The molecule has 146 valence electrons. The molecule has 0 saturated carbocycles. The lowest BCUT2D eigenvalue weighted by atomic mass is 10.1. The smallest absolute Gasteiger partial charge is 0.263 e. The average Bonchev–Trinajstić information content (AvgIpc) is 3.13. The number of benzene rings is 2. The van der Waals surface area contributed by atoms with Gasteiger partial charge in [0.25, 0.3) is 5.91 Å².